The van der Waals surface area contributed by atoms with Crippen LogP contribution in [0.25, 0.3) is 0 Å². The van der Waals surface area contributed by atoms with Crippen molar-refractivity contribution in [3.05, 3.63) is 0 Å². The molecule has 0 aromatic rings. The van der Waals surface area contributed by atoms with Crippen LogP contribution in [0.4, 0.5) is 0 Å². The van der Waals surface area contributed by atoms with E-state index in [-0.39, 0.29) is 12.6 Å². The zero-order chi connectivity index (χ0) is 27.6. The molecule has 9 heteroatoms. The van der Waals surface area contributed by atoms with Crippen LogP contribution in [-0.4, -0.2) is 105 Å². The molecule has 0 aromatic heterocycles. The third kappa shape index (κ3) is 35.2. The smallest absolute Gasteiger partial charge is 0.302 e. The number of carbonyl (C=O) groups is 1. The molecule has 0 bridgehead atoms. The standard InChI is InChI=1S/C29H58O9/c1-3-4-5-6-7-8-9-10-11-12-13-14-31-15-16-32-17-18-33-19-20-34-21-22-35-23-24-36-25-26-37-27-28-38-29(2)30/h3-28H2,1-2H3. The normalized spacial score (nSPS) is 11.3. The molecule has 0 atom stereocenters. The highest BCUT2D eigenvalue weighted by Gasteiger charge is 1.97. The zero-order valence-electron chi connectivity index (χ0n) is 24.6. The SMILES string of the molecule is CCCCCCCCCCCCCOCCOCCOCCOCCOCCOCCOCCOC(C)=O. The molecule has 0 unspecified atom stereocenters. The maximum atomic E-state index is 10.6. The Bertz CT molecular complexity index is 452. The maximum Gasteiger partial charge on any atom is 0.302 e. The van der Waals surface area contributed by atoms with E-state index in [0.717, 1.165) is 13.0 Å². The predicted octanol–water partition coefficient (Wildman–Crippen LogP) is 4.98. The minimum Gasteiger partial charge on any atom is -0.463 e. The molecule has 0 aliphatic rings. The van der Waals surface area contributed by atoms with Gasteiger partial charge < -0.3 is 37.9 Å². The predicted molar refractivity (Wildman–Crippen MR) is 149 cm³/mol. The molecular formula is C29H58O9. The Morgan fingerprint density at radius 1 is 0.368 bits per heavy atom. The summed E-state index contributed by atoms with van der Waals surface area (Å²) in [5.74, 6) is -0.301. The van der Waals surface area contributed by atoms with Gasteiger partial charge in [-0.3, -0.25) is 4.79 Å². The van der Waals surface area contributed by atoms with Crippen LogP contribution in [0.15, 0.2) is 0 Å². The van der Waals surface area contributed by atoms with Crippen molar-refractivity contribution in [1.29, 1.82) is 0 Å². The van der Waals surface area contributed by atoms with Gasteiger partial charge in [-0.05, 0) is 6.42 Å². The lowest BCUT2D eigenvalue weighted by atomic mass is 10.1. The van der Waals surface area contributed by atoms with Gasteiger partial charge in [0.1, 0.15) is 6.61 Å². The largest absolute Gasteiger partial charge is 0.463 e. The van der Waals surface area contributed by atoms with Crippen molar-refractivity contribution >= 4 is 5.97 Å². The molecule has 0 heterocycles. The first kappa shape index (κ1) is 37.2. The summed E-state index contributed by atoms with van der Waals surface area (Å²) in [6.07, 6.45) is 14.9. The van der Waals surface area contributed by atoms with E-state index in [1.165, 1.54) is 71.1 Å². The van der Waals surface area contributed by atoms with Crippen LogP contribution in [0.2, 0.25) is 0 Å². The van der Waals surface area contributed by atoms with Crippen molar-refractivity contribution in [3.8, 4) is 0 Å². The van der Waals surface area contributed by atoms with Gasteiger partial charge >= 0.3 is 5.97 Å². The highest BCUT2D eigenvalue weighted by atomic mass is 16.6. The van der Waals surface area contributed by atoms with Crippen LogP contribution in [0.5, 0.6) is 0 Å². The van der Waals surface area contributed by atoms with Crippen molar-refractivity contribution < 1.29 is 42.7 Å². The lowest BCUT2D eigenvalue weighted by molar-refractivity contribution is -0.142. The van der Waals surface area contributed by atoms with Crippen molar-refractivity contribution in [2.45, 2.75) is 84.5 Å². The van der Waals surface area contributed by atoms with E-state index in [4.69, 9.17) is 37.9 Å². The third-order valence-corrected chi connectivity index (χ3v) is 5.66. The number of carbonyl (C=O) groups excluding carboxylic acids is 1. The Morgan fingerprint density at radius 3 is 0.947 bits per heavy atom. The van der Waals surface area contributed by atoms with Crippen LogP contribution in [0.1, 0.15) is 84.5 Å². The molecule has 0 aromatic carbocycles. The summed E-state index contributed by atoms with van der Waals surface area (Å²) in [5.41, 5.74) is 0. The summed E-state index contributed by atoms with van der Waals surface area (Å²) in [5, 5.41) is 0. The van der Waals surface area contributed by atoms with Crippen molar-refractivity contribution in [3.63, 3.8) is 0 Å². The summed E-state index contributed by atoms with van der Waals surface area (Å²) in [6, 6.07) is 0. The Morgan fingerprint density at radius 2 is 0.632 bits per heavy atom. The van der Waals surface area contributed by atoms with Crippen LogP contribution in [0, 0.1) is 0 Å². The first-order valence-corrected chi connectivity index (χ1v) is 14.9. The Hall–Kier alpha value is -0.810. The van der Waals surface area contributed by atoms with Crippen LogP contribution in [-0.2, 0) is 42.7 Å². The van der Waals surface area contributed by atoms with Crippen LogP contribution < -0.4 is 0 Å². The summed E-state index contributed by atoms with van der Waals surface area (Å²) in [4.78, 5) is 10.6. The number of ether oxygens (including phenoxy) is 8. The maximum absolute atomic E-state index is 10.6. The van der Waals surface area contributed by atoms with E-state index >= 15 is 0 Å². The second kappa shape index (κ2) is 34.2. The lowest BCUT2D eigenvalue weighted by Crippen LogP contribution is -2.15. The molecule has 0 aliphatic heterocycles. The van der Waals surface area contributed by atoms with Crippen LogP contribution in [0.3, 0.4) is 0 Å². The molecule has 0 N–H and O–H groups in total. The van der Waals surface area contributed by atoms with Gasteiger partial charge in [0, 0.05) is 13.5 Å². The monoisotopic (exact) mass is 550 g/mol. The molecular weight excluding hydrogens is 492 g/mol. The summed E-state index contributed by atoms with van der Waals surface area (Å²) >= 11 is 0. The Kier molecular flexibility index (Phi) is 33.5. The molecule has 0 radical (unpaired) electrons. The van der Waals surface area contributed by atoms with Crippen molar-refractivity contribution in [2.75, 3.05) is 99.1 Å². The van der Waals surface area contributed by atoms with Gasteiger partial charge in [0.05, 0.1) is 85.9 Å². The number of unbranched alkanes of at least 4 members (excludes halogenated alkanes) is 10. The summed E-state index contributed by atoms with van der Waals surface area (Å²) < 4.78 is 42.9. The number of esters is 1. The zero-order valence-corrected chi connectivity index (χ0v) is 24.6. The van der Waals surface area contributed by atoms with E-state index in [1.807, 2.05) is 0 Å². The van der Waals surface area contributed by atoms with Gasteiger partial charge in [-0.2, -0.15) is 0 Å². The first-order chi connectivity index (χ1) is 18.8. The molecule has 0 amide bonds. The second-order valence-corrected chi connectivity index (χ2v) is 9.16. The van der Waals surface area contributed by atoms with E-state index < -0.39 is 0 Å². The van der Waals surface area contributed by atoms with E-state index in [9.17, 15) is 4.79 Å². The number of hydrogen-bond donors (Lipinski definition) is 0. The summed E-state index contributed by atoms with van der Waals surface area (Å²) in [7, 11) is 0. The molecule has 228 valence electrons. The van der Waals surface area contributed by atoms with E-state index in [2.05, 4.69) is 6.92 Å². The first-order valence-electron chi connectivity index (χ1n) is 14.9. The molecule has 9 nitrogen and oxygen atoms in total. The van der Waals surface area contributed by atoms with Crippen LogP contribution >= 0.6 is 0 Å². The molecule has 0 spiro atoms. The molecule has 0 fully saturated rings. The minimum absolute atomic E-state index is 0.270. The molecule has 0 aliphatic carbocycles. The molecule has 38 heavy (non-hydrogen) atoms. The fraction of sp³-hybridized carbons (Fsp3) is 0.966. The highest BCUT2D eigenvalue weighted by molar-refractivity contribution is 5.65. The van der Waals surface area contributed by atoms with Gasteiger partial charge in [0.2, 0.25) is 0 Å². The average Bonchev–Trinajstić information content (AvgIpc) is 2.91. The topological polar surface area (TPSA) is 90.9 Å². The molecule has 0 saturated carbocycles. The number of hydrogen-bond acceptors (Lipinski definition) is 9. The third-order valence-electron chi connectivity index (χ3n) is 5.66. The van der Waals surface area contributed by atoms with Crippen molar-refractivity contribution in [2.24, 2.45) is 0 Å². The number of rotatable bonds is 33. The van der Waals surface area contributed by atoms with Gasteiger partial charge in [0.15, 0.2) is 0 Å². The van der Waals surface area contributed by atoms with Crippen molar-refractivity contribution in [1.82, 2.24) is 0 Å². The van der Waals surface area contributed by atoms with Gasteiger partial charge in [0.25, 0.3) is 0 Å². The van der Waals surface area contributed by atoms with Gasteiger partial charge in [-0.15, -0.1) is 0 Å². The second-order valence-electron chi connectivity index (χ2n) is 9.16. The average molecular weight is 551 g/mol. The highest BCUT2D eigenvalue weighted by Crippen LogP contribution is 2.11. The fourth-order valence-electron chi connectivity index (χ4n) is 3.53. The van der Waals surface area contributed by atoms with Gasteiger partial charge in [-0.25, -0.2) is 0 Å². The minimum atomic E-state index is -0.301. The molecule has 0 rings (SSSR count). The Labute approximate surface area is 232 Å². The van der Waals surface area contributed by atoms with Gasteiger partial charge in [-0.1, -0.05) is 71.1 Å². The Balaban J connectivity index is 3.02. The quantitative estimate of drug-likeness (QED) is 0.0829. The van der Waals surface area contributed by atoms with E-state index in [0.29, 0.717) is 85.9 Å². The van der Waals surface area contributed by atoms with E-state index in [1.54, 1.807) is 0 Å². The lowest BCUT2D eigenvalue weighted by Gasteiger charge is -2.08. The summed E-state index contributed by atoms with van der Waals surface area (Å²) in [6.45, 7) is 11.6. The molecule has 0 saturated heterocycles. The fourth-order valence-corrected chi connectivity index (χ4v) is 3.53.